The van der Waals surface area contributed by atoms with E-state index >= 15 is 0 Å². The van der Waals surface area contributed by atoms with Gasteiger partial charge in [0.1, 0.15) is 6.29 Å². The summed E-state index contributed by atoms with van der Waals surface area (Å²) in [5, 5.41) is 0. The number of carbonyl (C=O) groups is 1. The van der Waals surface area contributed by atoms with Crippen LogP contribution in [0.3, 0.4) is 0 Å². The second-order valence-corrected chi connectivity index (χ2v) is 3.14. The summed E-state index contributed by atoms with van der Waals surface area (Å²) in [7, 11) is 0. The Hall–Kier alpha value is -1.71. The number of carbonyl (C=O) groups excluding carboxylic acids is 1. The molecule has 4 heteroatoms. The van der Waals surface area contributed by atoms with Crippen LogP contribution < -0.4 is 4.90 Å². The van der Waals surface area contributed by atoms with Crippen molar-refractivity contribution < 1.29 is 4.79 Å². The van der Waals surface area contributed by atoms with Gasteiger partial charge in [-0.2, -0.15) is 0 Å². The lowest BCUT2D eigenvalue weighted by atomic mass is 10.1. The van der Waals surface area contributed by atoms with Crippen LogP contribution in [0, 0.1) is 0 Å². The van der Waals surface area contributed by atoms with E-state index in [-0.39, 0.29) is 0 Å². The van der Waals surface area contributed by atoms with Crippen molar-refractivity contribution in [3.8, 4) is 0 Å². The van der Waals surface area contributed by atoms with E-state index in [1.165, 1.54) is 0 Å². The molecule has 0 bridgehead atoms. The van der Waals surface area contributed by atoms with Crippen molar-refractivity contribution >= 4 is 12.2 Å². The minimum absolute atomic E-state index is 0.720. The molecule has 14 heavy (non-hydrogen) atoms. The fraction of sp³-hybridized carbons (Fsp3) is 0.300. The van der Waals surface area contributed by atoms with Gasteiger partial charge in [0.25, 0.3) is 0 Å². The Balaban J connectivity index is 2.10. The van der Waals surface area contributed by atoms with Gasteiger partial charge >= 0.3 is 0 Å². The van der Waals surface area contributed by atoms with Crippen LogP contribution in [-0.2, 0) is 4.79 Å². The molecular formula is C10H11N3O. The van der Waals surface area contributed by atoms with Gasteiger partial charge in [-0.15, -0.1) is 0 Å². The maximum atomic E-state index is 10.5. The van der Waals surface area contributed by atoms with Crippen molar-refractivity contribution in [1.29, 1.82) is 0 Å². The minimum Gasteiger partial charge on any atom is -0.337 e. The number of hydrogen-bond acceptors (Lipinski definition) is 4. The first-order valence-corrected chi connectivity index (χ1v) is 4.56. The average Bonchev–Trinajstić information content (AvgIpc) is 2.30. The normalized spacial score (nSPS) is 16.3. The van der Waals surface area contributed by atoms with E-state index in [0.717, 1.165) is 37.3 Å². The molecular weight excluding hydrogens is 178 g/mol. The van der Waals surface area contributed by atoms with Crippen molar-refractivity contribution in [2.75, 3.05) is 18.0 Å². The maximum Gasteiger partial charge on any atom is 0.225 e. The molecule has 1 aliphatic heterocycles. The highest BCUT2D eigenvalue weighted by molar-refractivity contribution is 5.74. The molecule has 0 aromatic carbocycles. The number of hydrogen-bond donors (Lipinski definition) is 0. The minimum atomic E-state index is 0.720. The Morgan fingerprint density at radius 1 is 1.36 bits per heavy atom. The van der Waals surface area contributed by atoms with Gasteiger partial charge in [0, 0.05) is 25.5 Å². The molecule has 1 aromatic heterocycles. The highest BCUT2D eigenvalue weighted by Gasteiger charge is 2.12. The monoisotopic (exact) mass is 189 g/mol. The van der Waals surface area contributed by atoms with E-state index in [1.807, 2.05) is 11.0 Å². The quantitative estimate of drug-likeness (QED) is 0.646. The summed E-state index contributed by atoms with van der Waals surface area (Å²) < 4.78 is 0. The molecule has 4 nitrogen and oxygen atoms in total. The zero-order chi connectivity index (χ0) is 9.80. The predicted molar refractivity (Wildman–Crippen MR) is 53.0 cm³/mol. The van der Waals surface area contributed by atoms with Crippen LogP contribution in [0.4, 0.5) is 5.95 Å². The zero-order valence-corrected chi connectivity index (χ0v) is 7.76. The van der Waals surface area contributed by atoms with Gasteiger partial charge < -0.3 is 4.90 Å². The molecule has 0 aliphatic carbocycles. The lowest BCUT2D eigenvalue weighted by Gasteiger charge is -2.24. The maximum absolute atomic E-state index is 10.5. The first-order chi connectivity index (χ1) is 6.90. The van der Waals surface area contributed by atoms with E-state index in [2.05, 4.69) is 9.97 Å². The molecule has 2 heterocycles. The SMILES string of the molecule is O=CC1=CCN(c2ncccn2)CC1. The van der Waals surface area contributed by atoms with Gasteiger partial charge in [-0.3, -0.25) is 4.79 Å². The summed E-state index contributed by atoms with van der Waals surface area (Å²) in [6.07, 6.45) is 7.07. The van der Waals surface area contributed by atoms with Crippen molar-refractivity contribution in [1.82, 2.24) is 9.97 Å². The number of rotatable bonds is 2. The molecule has 1 aromatic rings. The fourth-order valence-corrected chi connectivity index (χ4v) is 1.43. The Morgan fingerprint density at radius 2 is 2.14 bits per heavy atom. The first-order valence-electron chi connectivity index (χ1n) is 4.56. The number of nitrogens with zero attached hydrogens (tertiary/aromatic N) is 3. The van der Waals surface area contributed by atoms with Gasteiger partial charge in [0.05, 0.1) is 0 Å². The van der Waals surface area contributed by atoms with Crippen LogP contribution in [0.2, 0.25) is 0 Å². The van der Waals surface area contributed by atoms with Crippen LogP contribution in [0.25, 0.3) is 0 Å². The van der Waals surface area contributed by atoms with Gasteiger partial charge in [0.2, 0.25) is 5.95 Å². The van der Waals surface area contributed by atoms with E-state index in [4.69, 9.17) is 0 Å². The fourth-order valence-electron chi connectivity index (χ4n) is 1.43. The largest absolute Gasteiger partial charge is 0.337 e. The summed E-state index contributed by atoms with van der Waals surface area (Å²) in [6, 6.07) is 1.79. The van der Waals surface area contributed by atoms with Crippen LogP contribution in [-0.4, -0.2) is 29.3 Å². The van der Waals surface area contributed by atoms with Crippen LogP contribution >= 0.6 is 0 Å². The van der Waals surface area contributed by atoms with Gasteiger partial charge in [-0.25, -0.2) is 9.97 Å². The average molecular weight is 189 g/mol. The van der Waals surface area contributed by atoms with E-state index in [0.29, 0.717) is 0 Å². The van der Waals surface area contributed by atoms with E-state index < -0.39 is 0 Å². The molecule has 0 amide bonds. The summed E-state index contributed by atoms with van der Waals surface area (Å²) >= 11 is 0. The van der Waals surface area contributed by atoms with Gasteiger partial charge in [-0.1, -0.05) is 6.08 Å². The third-order valence-electron chi connectivity index (χ3n) is 2.23. The Morgan fingerprint density at radius 3 is 2.71 bits per heavy atom. The summed E-state index contributed by atoms with van der Waals surface area (Å²) in [5.41, 5.74) is 0.872. The van der Waals surface area contributed by atoms with E-state index in [9.17, 15) is 4.79 Å². The molecule has 0 radical (unpaired) electrons. The summed E-state index contributed by atoms with van der Waals surface area (Å²) in [5.74, 6) is 0.730. The molecule has 0 atom stereocenters. The predicted octanol–water partition coefficient (Wildman–Crippen LogP) is 0.812. The second kappa shape index (κ2) is 4.00. The second-order valence-electron chi connectivity index (χ2n) is 3.14. The molecule has 0 fully saturated rings. The van der Waals surface area contributed by atoms with Crippen molar-refractivity contribution in [3.63, 3.8) is 0 Å². The van der Waals surface area contributed by atoms with Crippen LogP contribution in [0.5, 0.6) is 0 Å². The third kappa shape index (κ3) is 1.79. The van der Waals surface area contributed by atoms with Crippen molar-refractivity contribution in [2.45, 2.75) is 6.42 Å². The van der Waals surface area contributed by atoms with E-state index in [1.54, 1.807) is 18.5 Å². The topological polar surface area (TPSA) is 46.1 Å². The third-order valence-corrected chi connectivity index (χ3v) is 2.23. The lowest BCUT2D eigenvalue weighted by Crippen LogP contribution is -2.30. The smallest absolute Gasteiger partial charge is 0.225 e. The molecule has 0 saturated carbocycles. The molecule has 72 valence electrons. The number of aromatic nitrogens is 2. The molecule has 0 unspecified atom stereocenters. The molecule has 2 rings (SSSR count). The summed E-state index contributed by atoms with van der Waals surface area (Å²) in [4.78, 5) is 20.8. The van der Waals surface area contributed by atoms with Crippen LogP contribution in [0.1, 0.15) is 6.42 Å². The number of aldehydes is 1. The van der Waals surface area contributed by atoms with Gasteiger partial charge in [0.15, 0.2) is 0 Å². The van der Waals surface area contributed by atoms with Crippen molar-refractivity contribution in [2.24, 2.45) is 0 Å². The Bertz CT molecular complexity index is 348. The standard InChI is InChI=1S/C10H11N3O/c14-8-9-2-6-13(7-3-9)10-11-4-1-5-12-10/h1-2,4-5,8H,3,6-7H2. The first kappa shape index (κ1) is 8.87. The number of anilines is 1. The molecule has 1 aliphatic rings. The highest BCUT2D eigenvalue weighted by Crippen LogP contribution is 2.13. The van der Waals surface area contributed by atoms with Crippen molar-refractivity contribution in [3.05, 3.63) is 30.1 Å². The Labute approximate surface area is 82.3 Å². The zero-order valence-electron chi connectivity index (χ0n) is 7.76. The molecule has 0 saturated heterocycles. The Kier molecular flexibility index (Phi) is 2.53. The highest BCUT2D eigenvalue weighted by atomic mass is 16.1. The molecule has 0 N–H and O–H groups in total. The van der Waals surface area contributed by atoms with Gasteiger partial charge in [-0.05, 0) is 18.1 Å². The summed E-state index contributed by atoms with van der Waals surface area (Å²) in [6.45, 7) is 1.53. The lowest BCUT2D eigenvalue weighted by molar-refractivity contribution is -0.105. The van der Waals surface area contributed by atoms with Crippen LogP contribution in [0.15, 0.2) is 30.1 Å². The molecule has 0 spiro atoms.